The Morgan fingerprint density at radius 1 is 1.67 bits per heavy atom. The first-order valence-corrected chi connectivity index (χ1v) is 3.36. The number of pyridine rings is 1. The van der Waals surface area contributed by atoms with Gasteiger partial charge in [0.2, 0.25) is 0 Å². The smallest absolute Gasteiger partial charge is 0.101 e. The van der Waals surface area contributed by atoms with Gasteiger partial charge in [-0.2, -0.15) is 5.26 Å². The molecule has 1 heterocycles. The van der Waals surface area contributed by atoms with Crippen molar-refractivity contribution in [2.24, 2.45) is 5.73 Å². The number of aromatic nitrogens is 1. The average Bonchev–Trinajstić information content (AvgIpc) is 2.04. The molecule has 64 valence electrons. The molecule has 0 aromatic carbocycles. The van der Waals surface area contributed by atoms with Gasteiger partial charge in [0.05, 0.1) is 11.3 Å². The maximum Gasteiger partial charge on any atom is 0.101 e. The topological polar surface area (TPSA) is 62.7 Å². The van der Waals surface area contributed by atoms with E-state index in [0.29, 0.717) is 11.3 Å². The quantitative estimate of drug-likeness (QED) is 0.716. The summed E-state index contributed by atoms with van der Waals surface area (Å²) >= 11 is 0. The highest BCUT2D eigenvalue weighted by Crippen LogP contribution is 2.10. The van der Waals surface area contributed by atoms with Crippen LogP contribution in [0.5, 0.6) is 0 Å². The molecule has 0 amide bonds. The summed E-state index contributed by atoms with van der Waals surface area (Å²) in [4.78, 5) is 4.00. The summed E-state index contributed by atoms with van der Waals surface area (Å²) in [7, 11) is 0. The van der Waals surface area contributed by atoms with Crippen molar-refractivity contribution < 1.29 is 0 Å². The summed E-state index contributed by atoms with van der Waals surface area (Å²) in [6.07, 6.45) is 1.64. The van der Waals surface area contributed by atoms with Gasteiger partial charge in [-0.15, -0.1) is 12.4 Å². The molecule has 2 N–H and O–H groups in total. The largest absolute Gasteiger partial charge is 0.323 e. The van der Waals surface area contributed by atoms with E-state index in [1.807, 2.05) is 13.0 Å². The first kappa shape index (κ1) is 10.9. The van der Waals surface area contributed by atoms with Gasteiger partial charge in [0.15, 0.2) is 0 Å². The van der Waals surface area contributed by atoms with Crippen LogP contribution in [-0.4, -0.2) is 4.98 Å². The molecule has 1 atom stereocenters. The zero-order chi connectivity index (χ0) is 8.27. The second-order valence-corrected chi connectivity index (χ2v) is 2.34. The number of hydrogen-bond donors (Lipinski definition) is 1. The fraction of sp³-hybridized carbons (Fsp3) is 0.250. The molecule has 3 nitrogen and oxygen atoms in total. The van der Waals surface area contributed by atoms with Crippen molar-refractivity contribution in [2.75, 3.05) is 0 Å². The van der Waals surface area contributed by atoms with Crippen molar-refractivity contribution in [1.29, 1.82) is 5.26 Å². The van der Waals surface area contributed by atoms with Crippen LogP contribution < -0.4 is 5.73 Å². The van der Waals surface area contributed by atoms with Crippen molar-refractivity contribution in [1.82, 2.24) is 4.98 Å². The first-order chi connectivity index (χ1) is 5.25. The lowest BCUT2D eigenvalue weighted by atomic mass is 10.1. The third-order valence-electron chi connectivity index (χ3n) is 1.39. The molecule has 1 aromatic rings. The number of nitrogens with zero attached hydrogens (tertiary/aromatic N) is 2. The number of rotatable bonds is 1. The molecule has 0 fully saturated rings. The molecule has 0 saturated carbocycles. The van der Waals surface area contributed by atoms with E-state index in [4.69, 9.17) is 11.0 Å². The lowest BCUT2D eigenvalue weighted by Crippen LogP contribution is -2.09. The van der Waals surface area contributed by atoms with E-state index in [1.54, 1.807) is 18.3 Å². The van der Waals surface area contributed by atoms with Gasteiger partial charge in [-0.1, -0.05) is 0 Å². The van der Waals surface area contributed by atoms with E-state index in [0.717, 1.165) is 0 Å². The Labute approximate surface area is 77.6 Å². The molecule has 0 aliphatic rings. The molecule has 0 aliphatic heterocycles. The standard InChI is InChI=1S/C8H9N3.ClH/c1-6(10)8-7(5-9)3-2-4-11-8;/h2-4,6H,10H2,1H3;1H. The molecule has 0 saturated heterocycles. The minimum atomic E-state index is -0.175. The van der Waals surface area contributed by atoms with E-state index in [1.165, 1.54) is 0 Å². The Bertz CT molecular complexity index is 291. The lowest BCUT2D eigenvalue weighted by molar-refractivity contribution is 0.777. The van der Waals surface area contributed by atoms with Gasteiger partial charge < -0.3 is 5.73 Å². The maximum absolute atomic E-state index is 8.62. The highest BCUT2D eigenvalue weighted by molar-refractivity contribution is 5.85. The summed E-state index contributed by atoms with van der Waals surface area (Å²) in [6.45, 7) is 1.81. The number of halogens is 1. The van der Waals surface area contributed by atoms with Crippen molar-refractivity contribution in [3.05, 3.63) is 29.6 Å². The fourth-order valence-corrected chi connectivity index (χ4v) is 0.875. The second-order valence-electron chi connectivity index (χ2n) is 2.34. The SMILES string of the molecule is CC(N)c1ncccc1C#N.Cl. The summed E-state index contributed by atoms with van der Waals surface area (Å²) in [5.74, 6) is 0. The Balaban J connectivity index is 0.00000121. The maximum atomic E-state index is 8.62. The van der Waals surface area contributed by atoms with E-state index in [-0.39, 0.29) is 18.4 Å². The van der Waals surface area contributed by atoms with Crippen LogP contribution in [0.4, 0.5) is 0 Å². The lowest BCUT2D eigenvalue weighted by Gasteiger charge is -2.04. The van der Waals surface area contributed by atoms with Crippen LogP contribution in [0, 0.1) is 11.3 Å². The van der Waals surface area contributed by atoms with E-state index in [9.17, 15) is 0 Å². The normalized spacial score (nSPS) is 11.1. The number of hydrogen-bond acceptors (Lipinski definition) is 3. The van der Waals surface area contributed by atoms with E-state index >= 15 is 0 Å². The molecule has 1 unspecified atom stereocenters. The molecule has 12 heavy (non-hydrogen) atoms. The molecule has 0 spiro atoms. The summed E-state index contributed by atoms with van der Waals surface area (Å²) < 4.78 is 0. The Hall–Kier alpha value is -1.11. The predicted molar refractivity (Wildman–Crippen MR) is 48.8 cm³/mol. The van der Waals surface area contributed by atoms with Gasteiger partial charge in [-0.3, -0.25) is 4.98 Å². The average molecular weight is 184 g/mol. The van der Waals surface area contributed by atoms with Crippen LogP contribution in [0.2, 0.25) is 0 Å². The molecule has 0 aliphatic carbocycles. The summed E-state index contributed by atoms with van der Waals surface area (Å²) in [5.41, 5.74) is 6.80. The van der Waals surface area contributed by atoms with Crippen molar-refractivity contribution in [3.63, 3.8) is 0 Å². The zero-order valence-electron chi connectivity index (χ0n) is 6.69. The minimum Gasteiger partial charge on any atom is -0.323 e. The molecule has 1 aromatic heterocycles. The van der Waals surface area contributed by atoms with Gasteiger partial charge in [-0.25, -0.2) is 0 Å². The van der Waals surface area contributed by atoms with Crippen LogP contribution in [0.25, 0.3) is 0 Å². The van der Waals surface area contributed by atoms with Gasteiger partial charge in [0, 0.05) is 12.2 Å². The van der Waals surface area contributed by atoms with Crippen molar-refractivity contribution in [3.8, 4) is 6.07 Å². The highest BCUT2D eigenvalue weighted by Gasteiger charge is 2.05. The Kier molecular flexibility index (Phi) is 4.27. The molecule has 4 heteroatoms. The number of nitrogens with two attached hydrogens (primary N) is 1. The third-order valence-corrected chi connectivity index (χ3v) is 1.39. The zero-order valence-corrected chi connectivity index (χ0v) is 7.51. The van der Waals surface area contributed by atoms with Crippen molar-refractivity contribution >= 4 is 12.4 Å². The van der Waals surface area contributed by atoms with Crippen LogP contribution in [0.1, 0.15) is 24.2 Å². The molecule has 1 rings (SSSR count). The van der Waals surface area contributed by atoms with E-state index in [2.05, 4.69) is 4.98 Å². The van der Waals surface area contributed by atoms with Crippen molar-refractivity contribution in [2.45, 2.75) is 13.0 Å². The van der Waals surface area contributed by atoms with Crippen LogP contribution in [0.15, 0.2) is 18.3 Å². The molecular formula is C8H10ClN3. The van der Waals surface area contributed by atoms with Gasteiger partial charge >= 0.3 is 0 Å². The first-order valence-electron chi connectivity index (χ1n) is 3.36. The van der Waals surface area contributed by atoms with Gasteiger partial charge in [0.25, 0.3) is 0 Å². The highest BCUT2D eigenvalue weighted by atomic mass is 35.5. The van der Waals surface area contributed by atoms with Crippen LogP contribution >= 0.6 is 12.4 Å². The van der Waals surface area contributed by atoms with Gasteiger partial charge in [-0.05, 0) is 19.1 Å². The Morgan fingerprint density at radius 2 is 2.33 bits per heavy atom. The second kappa shape index (κ2) is 4.70. The summed E-state index contributed by atoms with van der Waals surface area (Å²) in [5, 5.41) is 8.62. The third kappa shape index (κ3) is 2.19. The van der Waals surface area contributed by atoms with E-state index < -0.39 is 0 Å². The number of nitriles is 1. The molecule has 0 radical (unpaired) electrons. The van der Waals surface area contributed by atoms with Crippen LogP contribution in [0.3, 0.4) is 0 Å². The van der Waals surface area contributed by atoms with Gasteiger partial charge in [0.1, 0.15) is 6.07 Å². The molecule has 0 bridgehead atoms. The predicted octanol–water partition coefficient (Wildman–Crippen LogP) is 1.39. The monoisotopic (exact) mass is 183 g/mol. The summed E-state index contributed by atoms with van der Waals surface area (Å²) in [6, 6.07) is 5.30. The minimum absolute atomic E-state index is 0. The fourth-order valence-electron chi connectivity index (χ4n) is 0.875. The Morgan fingerprint density at radius 3 is 2.75 bits per heavy atom. The van der Waals surface area contributed by atoms with Crippen LogP contribution in [-0.2, 0) is 0 Å². The molecular weight excluding hydrogens is 174 g/mol.